The molecule has 1 heterocycles. The van der Waals surface area contributed by atoms with Gasteiger partial charge in [0.25, 0.3) is 5.91 Å². The van der Waals surface area contributed by atoms with Gasteiger partial charge >= 0.3 is 5.97 Å². The Labute approximate surface area is 180 Å². The zero-order valence-electron chi connectivity index (χ0n) is 17.0. The molecule has 2 aromatic carbocycles. The van der Waals surface area contributed by atoms with E-state index in [4.69, 9.17) is 4.74 Å². The summed E-state index contributed by atoms with van der Waals surface area (Å²) < 4.78 is 17.7. The van der Waals surface area contributed by atoms with Crippen molar-refractivity contribution in [3.05, 3.63) is 78.1 Å². The number of hydrogen-bond acceptors (Lipinski definition) is 5. The number of amides is 2. The highest BCUT2D eigenvalue weighted by atomic mass is 19.1. The van der Waals surface area contributed by atoms with Crippen molar-refractivity contribution in [2.45, 2.75) is 6.54 Å². The van der Waals surface area contributed by atoms with Crippen molar-refractivity contribution in [2.75, 3.05) is 37.7 Å². The third-order valence-electron chi connectivity index (χ3n) is 4.82. The number of rotatable bonds is 7. The lowest BCUT2D eigenvalue weighted by Gasteiger charge is -2.35. The number of nitrogens with zero attached hydrogens (tertiary/aromatic N) is 2. The number of anilines is 1. The molecule has 1 saturated heterocycles. The fourth-order valence-electron chi connectivity index (χ4n) is 3.11. The van der Waals surface area contributed by atoms with Gasteiger partial charge in [0.1, 0.15) is 5.82 Å². The van der Waals surface area contributed by atoms with E-state index in [1.165, 1.54) is 12.1 Å². The summed E-state index contributed by atoms with van der Waals surface area (Å²) in [5.41, 5.74) is 1.84. The van der Waals surface area contributed by atoms with E-state index in [-0.39, 0.29) is 18.3 Å². The van der Waals surface area contributed by atoms with Crippen LogP contribution in [0.15, 0.2) is 66.7 Å². The summed E-state index contributed by atoms with van der Waals surface area (Å²) in [4.78, 5) is 39.7. The maximum atomic E-state index is 12.9. The first-order chi connectivity index (χ1) is 15.0. The SMILES string of the molecule is O=C(COC(=O)C=CC(=O)N1CCN(c2ccccc2)CC1)NCc1ccc(F)cc1. The fourth-order valence-corrected chi connectivity index (χ4v) is 3.11. The number of piperazine rings is 1. The first-order valence-electron chi connectivity index (χ1n) is 9.96. The Hall–Kier alpha value is -3.68. The average molecular weight is 425 g/mol. The Kier molecular flexibility index (Phi) is 7.75. The number of halogens is 1. The molecule has 0 unspecified atom stereocenters. The van der Waals surface area contributed by atoms with Crippen LogP contribution in [-0.2, 0) is 25.7 Å². The van der Waals surface area contributed by atoms with Gasteiger partial charge in [-0.05, 0) is 29.8 Å². The summed E-state index contributed by atoms with van der Waals surface area (Å²) in [7, 11) is 0. The van der Waals surface area contributed by atoms with Gasteiger partial charge in [-0.2, -0.15) is 0 Å². The number of esters is 1. The topological polar surface area (TPSA) is 79.0 Å². The van der Waals surface area contributed by atoms with Crippen LogP contribution in [-0.4, -0.2) is 55.5 Å². The normalized spacial score (nSPS) is 13.8. The number of ether oxygens (including phenoxy) is 1. The lowest BCUT2D eigenvalue weighted by molar-refractivity contribution is -0.144. The molecule has 0 radical (unpaired) electrons. The van der Waals surface area contributed by atoms with Crippen molar-refractivity contribution < 1.29 is 23.5 Å². The summed E-state index contributed by atoms with van der Waals surface area (Å²) in [5, 5.41) is 2.57. The Morgan fingerprint density at radius 1 is 0.935 bits per heavy atom. The van der Waals surface area contributed by atoms with E-state index in [9.17, 15) is 18.8 Å². The van der Waals surface area contributed by atoms with Crippen molar-refractivity contribution in [1.29, 1.82) is 0 Å². The van der Waals surface area contributed by atoms with E-state index in [0.29, 0.717) is 26.2 Å². The van der Waals surface area contributed by atoms with Gasteiger partial charge in [-0.25, -0.2) is 9.18 Å². The first kappa shape index (κ1) is 22.0. The van der Waals surface area contributed by atoms with Crippen molar-refractivity contribution in [3.63, 3.8) is 0 Å². The monoisotopic (exact) mass is 425 g/mol. The van der Waals surface area contributed by atoms with Crippen LogP contribution in [0.3, 0.4) is 0 Å². The minimum absolute atomic E-state index is 0.194. The molecule has 3 rings (SSSR count). The highest BCUT2D eigenvalue weighted by molar-refractivity contribution is 5.95. The molecule has 0 spiro atoms. The summed E-state index contributed by atoms with van der Waals surface area (Å²) in [5.74, 6) is -1.89. The maximum Gasteiger partial charge on any atom is 0.331 e. The van der Waals surface area contributed by atoms with Crippen molar-refractivity contribution in [1.82, 2.24) is 10.2 Å². The second kappa shape index (κ2) is 10.9. The molecule has 0 aliphatic carbocycles. The first-order valence-corrected chi connectivity index (χ1v) is 9.96. The molecule has 2 aromatic rings. The Balaban J connectivity index is 1.35. The number of nitrogens with one attached hydrogen (secondary N) is 1. The minimum Gasteiger partial charge on any atom is -0.452 e. The van der Waals surface area contributed by atoms with Crippen LogP contribution in [0.25, 0.3) is 0 Å². The predicted molar refractivity (Wildman–Crippen MR) is 114 cm³/mol. The molecule has 2 amide bonds. The Morgan fingerprint density at radius 3 is 2.29 bits per heavy atom. The largest absolute Gasteiger partial charge is 0.452 e. The van der Waals surface area contributed by atoms with E-state index in [1.54, 1.807) is 17.0 Å². The molecule has 8 heteroatoms. The minimum atomic E-state index is -0.770. The van der Waals surface area contributed by atoms with Gasteiger partial charge in [0, 0.05) is 50.6 Å². The molecule has 0 saturated carbocycles. The van der Waals surface area contributed by atoms with E-state index in [0.717, 1.165) is 23.4 Å². The number of carbonyl (C=O) groups excluding carboxylic acids is 3. The van der Waals surface area contributed by atoms with Crippen LogP contribution in [0.5, 0.6) is 0 Å². The predicted octanol–water partition coefficient (Wildman–Crippen LogP) is 1.89. The third kappa shape index (κ3) is 6.95. The third-order valence-corrected chi connectivity index (χ3v) is 4.82. The molecule has 162 valence electrons. The quantitative estimate of drug-likeness (QED) is 0.542. The van der Waals surface area contributed by atoms with Crippen LogP contribution >= 0.6 is 0 Å². The van der Waals surface area contributed by atoms with Crippen LogP contribution < -0.4 is 10.2 Å². The highest BCUT2D eigenvalue weighted by Crippen LogP contribution is 2.15. The molecule has 1 fully saturated rings. The number of benzene rings is 2. The average Bonchev–Trinajstić information content (AvgIpc) is 2.81. The van der Waals surface area contributed by atoms with E-state index < -0.39 is 18.5 Å². The smallest absolute Gasteiger partial charge is 0.331 e. The van der Waals surface area contributed by atoms with Crippen molar-refractivity contribution in [3.8, 4) is 0 Å². The number of carbonyl (C=O) groups is 3. The molecule has 1 aliphatic heterocycles. The van der Waals surface area contributed by atoms with Crippen LogP contribution in [0.4, 0.5) is 10.1 Å². The standard InChI is InChI=1S/C23H24FN3O4/c24-19-8-6-18(7-9-19)16-25-21(28)17-31-23(30)11-10-22(29)27-14-12-26(13-15-27)20-4-2-1-3-5-20/h1-11H,12-17H2,(H,25,28). The van der Waals surface area contributed by atoms with Gasteiger partial charge in [-0.1, -0.05) is 30.3 Å². The van der Waals surface area contributed by atoms with Crippen LogP contribution in [0.2, 0.25) is 0 Å². The molecule has 0 aromatic heterocycles. The van der Waals surface area contributed by atoms with E-state index in [1.807, 2.05) is 30.3 Å². The lowest BCUT2D eigenvalue weighted by Crippen LogP contribution is -2.48. The summed E-state index contributed by atoms with van der Waals surface area (Å²) in [6.45, 7) is 2.26. The molecule has 7 nitrogen and oxygen atoms in total. The molecule has 31 heavy (non-hydrogen) atoms. The molecule has 1 N–H and O–H groups in total. The van der Waals surface area contributed by atoms with Crippen LogP contribution in [0.1, 0.15) is 5.56 Å². The fraction of sp³-hybridized carbons (Fsp3) is 0.261. The summed E-state index contributed by atoms with van der Waals surface area (Å²) in [6, 6.07) is 15.7. The zero-order chi connectivity index (χ0) is 22.1. The number of hydrogen-bond donors (Lipinski definition) is 1. The Bertz CT molecular complexity index is 924. The molecule has 0 atom stereocenters. The second-order valence-electron chi connectivity index (χ2n) is 6.99. The van der Waals surface area contributed by atoms with Gasteiger partial charge in [-0.15, -0.1) is 0 Å². The maximum absolute atomic E-state index is 12.9. The summed E-state index contributed by atoms with van der Waals surface area (Å²) >= 11 is 0. The second-order valence-corrected chi connectivity index (χ2v) is 6.99. The Morgan fingerprint density at radius 2 is 1.61 bits per heavy atom. The molecule has 1 aliphatic rings. The molecule has 0 bridgehead atoms. The van der Waals surface area contributed by atoms with Gasteiger partial charge in [0.15, 0.2) is 6.61 Å². The van der Waals surface area contributed by atoms with Gasteiger partial charge < -0.3 is 19.9 Å². The van der Waals surface area contributed by atoms with Gasteiger partial charge in [0.2, 0.25) is 5.91 Å². The lowest BCUT2D eigenvalue weighted by atomic mass is 10.2. The van der Waals surface area contributed by atoms with Gasteiger partial charge in [-0.3, -0.25) is 9.59 Å². The van der Waals surface area contributed by atoms with E-state index >= 15 is 0 Å². The molecular weight excluding hydrogens is 401 g/mol. The van der Waals surface area contributed by atoms with Crippen molar-refractivity contribution in [2.24, 2.45) is 0 Å². The van der Waals surface area contributed by atoms with Crippen LogP contribution in [0, 0.1) is 5.82 Å². The molecular formula is C23H24FN3O4. The van der Waals surface area contributed by atoms with Crippen molar-refractivity contribution >= 4 is 23.5 Å². The summed E-state index contributed by atoms with van der Waals surface area (Å²) in [6.07, 6.45) is 2.19. The van der Waals surface area contributed by atoms with Gasteiger partial charge in [0.05, 0.1) is 0 Å². The highest BCUT2D eigenvalue weighted by Gasteiger charge is 2.20. The number of para-hydroxylation sites is 1. The van der Waals surface area contributed by atoms with E-state index in [2.05, 4.69) is 10.2 Å². The zero-order valence-corrected chi connectivity index (χ0v) is 17.0.